The van der Waals surface area contributed by atoms with E-state index >= 15 is 0 Å². The summed E-state index contributed by atoms with van der Waals surface area (Å²) in [5.41, 5.74) is 6.71. The van der Waals surface area contributed by atoms with Crippen LogP contribution >= 0.6 is 0 Å². The quantitative estimate of drug-likeness (QED) is 0.188. The van der Waals surface area contributed by atoms with Crippen LogP contribution in [0.3, 0.4) is 0 Å². The summed E-state index contributed by atoms with van der Waals surface area (Å²) in [6, 6.07) is 19.3. The Bertz CT molecular complexity index is 1240. The fourth-order valence-electron chi connectivity index (χ4n) is 3.13. The molecule has 1 heterocycles. The summed E-state index contributed by atoms with van der Waals surface area (Å²) in [7, 11) is 0. The number of esters is 1. The number of anilines is 1. The Morgan fingerprint density at radius 3 is 2.43 bits per heavy atom. The van der Waals surface area contributed by atoms with Crippen molar-refractivity contribution in [1.82, 2.24) is 4.98 Å². The molecule has 0 bridgehead atoms. The number of hydrogen-bond donors (Lipinski definition) is 1. The van der Waals surface area contributed by atoms with Crippen molar-refractivity contribution in [1.29, 1.82) is 0 Å². The maximum absolute atomic E-state index is 12.4. The summed E-state index contributed by atoms with van der Waals surface area (Å²) in [5.74, 6) is -0.679. The van der Waals surface area contributed by atoms with Gasteiger partial charge in [-0.3, -0.25) is 10.1 Å². The molecular weight excluding hydrogens is 358 g/mol. The topological polar surface area (TPSA) is 108 Å². The van der Waals surface area contributed by atoms with Crippen molar-refractivity contribution in [3.05, 3.63) is 88.1 Å². The number of ether oxygens (including phenoxy) is 1. The van der Waals surface area contributed by atoms with Crippen molar-refractivity contribution in [2.45, 2.75) is 6.61 Å². The number of nitrogens with two attached hydrogens (primary N) is 1. The number of rotatable bonds is 4. The number of carbonyl (C=O) groups is 1. The van der Waals surface area contributed by atoms with Crippen LogP contribution in [-0.4, -0.2) is 15.9 Å². The summed E-state index contributed by atoms with van der Waals surface area (Å²) >= 11 is 0. The molecule has 4 aromatic rings. The van der Waals surface area contributed by atoms with Gasteiger partial charge in [0.2, 0.25) is 0 Å². The maximum atomic E-state index is 12.4. The lowest BCUT2D eigenvalue weighted by atomic mass is 10.0. The first kappa shape index (κ1) is 17.4. The monoisotopic (exact) mass is 373 g/mol. The number of nitro groups is 1. The first-order valence-electron chi connectivity index (χ1n) is 8.52. The largest absolute Gasteiger partial charge is 0.456 e. The Morgan fingerprint density at radius 1 is 1.00 bits per heavy atom. The van der Waals surface area contributed by atoms with Crippen LogP contribution in [0.4, 0.5) is 11.4 Å². The Kier molecular flexibility index (Phi) is 4.33. The summed E-state index contributed by atoms with van der Waals surface area (Å²) in [5, 5.41) is 13.9. The molecule has 138 valence electrons. The van der Waals surface area contributed by atoms with Gasteiger partial charge in [-0.2, -0.15) is 0 Å². The highest BCUT2D eigenvalue weighted by molar-refractivity contribution is 6.06. The van der Waals surface area contributed by atoms with E-state index in [1.165, 1.54) is 12.1 Å². The van der Waals surface area contributed by atoms with E-state index in [0.29, 0.717) is 5.69 Å². The lowest BCUT2D eigenvalue weighted by Gasteiger charge is -2.10. The van der Waals surface area contributed by atoms with E-state index in [0.717, 1.165) is 27.7 Å². The molecule has 0 spiro atoms. The van der Waals surface area contributed by atoms with Gasteiger partial charge >= 0.3 is 5.97 Å². The van der Waals surface area contributed by atoms with Gasteiger partial charge in [0.1, 0.15) is 12.3 Å². The predicted molar refractivity (Wildman–Crippen MR) is 106 cm³/mol. The van der Waals surface area contributed by atoms with Crippen LogP contribution < -0.4 is 5.73 Å². The number of carbonyl (C=O) groups excluding carboxylic acids is 1. The minimum atomic E-state index is -0.679. The summed E-state index contributed by atoms with van der Waals surface area (Å²) in [6.07, 6.45) is 0. The molecule has 4 rings (SSSR count). The van der Waals surface area contributed by atoms with Crippen molar-refractivity contribution in [2.24, 2.45) is 0 Å². The summed E-state index contributed by atoms with van der Waals surface area (Å²) in [4.78, 5) is 27.4. The molecule has 0 aliphatic rings. The third kappa shape index (κ3) is 3.09. The Balaban J connectivity index is 1.66. The number of fused-ring (bicyclic) bond motifs is 3. The number of benzene rings is 3. The number of nitro benzene ring substituents is 1. The van der Waals surface area contributed by atoms with Crippen molar-refractivity contribution in [3.63, 3.8) is 0 Å². The number of hydrogen-bond acceptors (Lipinski definition) is 6. The van der Waals surface area contributed by atoms with Crippen LogP contribution in [0, 0.1) is 10.1 Å². The number of para-hydroxylation sites is 1. The van der Waals surface area contributed by atoms with Gasteiger partial charge in [0.15, 0.2) is 0 Å². The van der Waals surface area contributed by atoms with E-state index < -0.39 is 10.9 Å². The molecule has 0 amide bonds. The van der Waals surface area contributed by atoms with Gasteiger partial charge in [-0.15, -0.1) is 0 Å². The standard InChI is InChI=1S/C21H15N3O4/c22-17-10-9-13(11-20(17)24(26)27)21(25)28-12-19-16-7-2-1-5-14(16)15-6-3-4-8-18(15)23-19/h1-11H,12,22H2. The molecule has 0 unspecified atom stereocenters. The third-order valence-corrected chi connectivity index (χ3v) is 4.49. The zero-order valence-corrected chi connectivity index (χ0v) is 14.7. The normalized spacial score (nSPS) is 10.9. The highest BCUT2D eigenvalue weighted by atomic mass is 16.6. The summed E-state index contributed by atoms with van der Waals surface area (Å²) in [6.45, 7) is -0.0532. The molecule has 0 saturated heterocycles. The second kappa shape index (κ2) is 6.96. The first-order chi connectivity index (χ1) is 13.5. The van der Waals surface area contributed by atoms with E-state index in [1.54, 1.807) is 0 Å². The Labute approximate surface area is 159 Å². The highest BCUT2D eigenvalue weighted by Gasteiger charge is 2.17. The Hall–Kier alpha value is -4.00. The molecule has 28 heavy (non-hydrogen) atoms. The van der Waals surface area contributed by atoms with Gasteiger partial charge < -0.3 is 10.5 Å². The maximum Gasteiger partial charge on any atom is 0.338 e. The fourth-order valence-corrected chi connectivity index (χ4v) is 3.13. The number of nitrogen functional groups attached to an aromatic ring is 1. The van der Waals surface area contributed by atoms with Gasteiger partial charge in [-0.1, -0.05) is 42.5 Å². The van der Waals surface area contributed by atoms with E-state index in [1.807, 2.05) is 48.5 Å². The zero-order valence-electron chi connectivity index (χ0n) is 14.7. The fraction of sp³-hybridized carbons (Fsp3) is 0.0476. The molecule has 0 fully saturated rings. The molecule has 0 aliphatic heterocycles. The van der Waals surface area contributed by atoms with Crippen molar-refractivity contribution < 1.29 is 14.5 Å². The van der Waals surface area contributed by atoms with Gasteiger partial charge in [0, 0.05) is 16.8 Å². The van der Waals surface area contributed by atoms with E-state index in [-0.39, 0.29) is 23.5 Å². The van der Waals surface area contributed by atoms with Crippen molar-refractivity contribution in [2.75, 3.05) is 5.73 Å². The van der Waals surface area contributed by atoms with Crippen LogP contribution in [0.15, 0.2) is 66.7 Å². The van der Waals surface area contributed by atoms with Gasteiger partial charge in [0.05, 0.1) is 21.7 Å². The minimum absolute atomic E-state index is 0.0104. The van der Waals surface area contributed by atoms with E-state index in [4.69, 9.17) is 10.5 Å². The van der Waals surface area contributed by atoms with Crippen molar-refractivity contribution >= 4 is 39.0 Å². The van der Waals surface area contributed by atoms with Gasteiger partial charge in [-0.05, 0) is 23.6 Å². The number of pyridine rings is 1. The van der Waals surface area contributed by atoms with Crippen LogP contribution in [-0.2, 0) is 11.3 Å². The van der Waals surface area contributed by atoms with E-state index in [9.17, 15) is 14.9 Å². The molecule has 2 N–H and O–H groups in total. The number of aromatic nitrogens is 1. The van der Waals surface area contributed by atoms with Crippen molar-refractivity contribution in [3.8, 4) is 0 Å². The SMILES string of the molecule is Nc1ccc(C(=O)OCc2nc3ccccc3c3ccccc23)cc1[N+](=O)[O-]. The smallest absolute Gasteiger partial charge is 0.338 e. The molecule has 7 heteroatoms. The Morgan fingerprint density at radius 2 is 1.68 bits per heavy atom. The lowest BCUT2D eigenvalue weighted by molar-refractivity contribution is -0.383. The van der Waals surface area contributed by atoms with Crippen LogP contribution in [0.1, 0.15) is 16.1 Å². The second-order valence-electron chi connectivity index (χ2n) is 6.23. The van der Waals surface area contributed by atoms with Crippen LogP contribution in [0.2, 0.25) is 0 Å². The average Bonchev–Trinajstić information content (AvgIpc) is 2.72. The molecule has 7 nitrogen and oxygen atoms in total. The predicted octanol–water partition coefficient (Wildman–Crippen LogP) is 4.24. The third-order valence-electron chi connectivity index (χ3n) is 4.49. The zero-order chi connectivity index (χ0) is 19.7. The minimum Gasteiger partial charge on any atom is -0.456 e. The van der Waals surface area contributed by atoms with E-state index in [2.05, 4.69) is 4.98 Å². The number of nitrogens with zero attached hydrogens (tertiary/aromatic N) is 2. The average molecular weight is 373 g/mol. The molecule has 1 aromatic heterocycles. The molecule has 0 atom stereocenters. The lowest BCUT2D eigenvalue weighted by Crippen LogP contribution is -2.08. The molecule has 0 aliphatic carbocycles. The van der Waals surface area contributed by atoms with Crippen LogP contribution in [0.5, 0.6) is 0 Å². The molecular formula is C21H15N3O4. The second-order valence-corrected chi connectivity index (χ2v) is 6.23. The van der Waals surface area contributed by atoms with Gasteiger partial charge in [-0.25, -0.2) is 9.78 Å². The summed E-state index contributed by atoms with van der Waals surface area (Å²) < 4.78 is 5.38. The highest BCUT2D eigenvalue weighted by Crippen LogP contribution is 2.27. The molecule has 0 radical (unpaired) electrons. The van der Waals surface area contributed by atoms with Crippen LogP contribution in [0.25, 0.3) is 21.7 Å². The molecule has 0 saturated carbocycles. The van der Waals surface area contributed by atoms with Gasteiger partial charge in [0.25, 0.3) is 5.69 Å². The first-order valence-corrected chi connectivity index (χ1v) is 8.52. The molecule has 3 aromatic carbocycles.